The van der Waals surface area contributed by atoms with Crippen molar-refractivity contribution < 1.29 is 9.90 Å². The molecule has 0 bridgehead atoms. The number of hydrogen-bond acceptors (Lipinski definition) is 4. The minimum atomic E-state index is -0.901. The molecule has 106 valence electrons. The topological polar surface area (TPSA) is 62.2 Å². The maximum absolute atomic E-state index is 10.9. The van der Waals surface area contributed by atoms with E-state index in [4.69, 9.17) is 5.11 Å². The standard InChI is InChI=1S/C15H18N2O2S/c1-10-8-16-14(20-10)15(2,3)17-9-11-5-4-6-12(7-11)13(18)19/h4-8,17H,9H2,1-3H3,(H,18,19). The van der Waals surface area contributed by atoms with Gasteiger partial charge in [-0.2, -0.15) is 0 Å². The molecule has 0 saturated heterocycles. The Bertz CT molecular complexity index is 620. The van der Waals surface area contributed by atoms with Crippen molar-refractivity contribution in [1.29, 1.82) is 0 Å². The first-order valence-electron chi connectivity index (χ1n) is 6.38. The highest BCUT2D eigenvalue weighted by Gasteiger charge is 2.23. The molecule has 1 aromatic heterocycles. The van der Waals surface area contributed by atoms with Gasteiger partial charge in [0.05, 0.1) is 11.1 Å². The maximum atomic E-state index is 10.9. The van der Waals surface area contributed by atoms with Gasteiger partial charge < -0.3 is 10.4 Å². The molecule has 0 saturated carbocycles. The van der Waals surface area contributed by atoms with Crippen LogP contribution in [0.15, 0.2) is 30.5 Å². The van der Waals surface area contributed by atoms with Crippen molar-refractivity contribution >= 4 is 17.3 Å². The monoisotopic (exact) mass is 290 g/mol. The molecule has 0 aliphatic heterocycles. The Morgan fingerprint density at radius 2 is 2.20 bits per heavy atom. The molecule has 20 heavy (non-hydrogen) atoms. The number of carbonyl (C=O) groups is 1. The minimum absolute atomic E-state index is 0.238. The summed E-state index contributed by atoms with van der Waals surface area (Å²) in [7, 11) is 0. The zero-order valence-electron chi connectivity index (χ0n) is 11.8. The van der Waals surface area contributed by atoms with Crippen LogP contribution in [0.2, 0.25) is 0 Å². The quantitative estimate of drug-likeness (QED) is 0.888. The molecule has 1 heterocycles. The van der Waals surface area contributed by atoms with E-state index in [0.717, 1.165) is 10.6 Å². The number of nitrogens with zero attached hydrogens (tertiary/aromatic N) is 1. The van der Waals surface area contributed by atoms with Crippen molar-refractivity contribution in [3.63, 3.8) is 0 Å². The summed E-state index contributed by atoms with van der Waals surface area (Å²) in [6.07, 6.45) is 1.87. The summed E-state index contributed by atoms with van der Waals surface area (Å²) >= 11 is 1.67. The summed E-state index contributed by atoms with van der Waals surface area (Å²) in [6, 6.07) is 6.98. The molecule has 0 spiro atoms. The zero-order chi connectivity index (χ0) is 14.8. The van der Waals surface area contributed by atoms with Gasteiger partial charge in [0, 0.05) is 17.6 Å². The second-order valence-corrected chi connectivity index (χ2v) is 6.49. The second-order valence-electron chi connectivity index (χ2n) is 5.26. The van der Waals surface area contributed by atoms with Crippen LogP contribution < -0.4 is 5.32 Å². The Balaban J connectivity index is 2.08. The van der Waals surface area contributed by atoms with Crippen LogP contribution in [0.4, 0.5) is 0 Å². The van der Waals surface area contributed by atoms with Gasteiger partial charge in [0.15, 0.2) is 0 Å². The summed E-state index contributed by atoms with van der Waals surface area (Å²) in [5.74, 6) is -0.901. The third-order valence-corrected chi connectivity index (χ3v) is 4.30. The molecule has 5 heteroatoms. The SMILES string of the molecule is Cc1cnc(C(C)(C)NCc2cccc(C(=O)O)c2)s1. The molecule has 0 atom stereocenters. The molecule has 0 aliphatic carbocycles. The summed E-state index contributed by atoms with van der Waals surface area (Å²) in [6.45, 7) is 6.79. The first-order chi connectivity index (χ1) is 9.38. The number of aromatic carboxylic acids is 1. The highest BCUT2D eigenvalue weighted by atomic mass is 32.1. The van der Waals surface area contributed by atoms with Crippen LogP contribution in [-0.2, 0) is 12.1 Å². The van der Waals surface area contributed by atoms with Crippen molar-refractivity contribution in [1.82, 2.24) is 10.3 Å². The second kappa shape index (κ2) is 5.73. The van der Waals surface area contributed by atoms with Crippen molar-refractivity contribution in [2.45, 2.75) is 32.9 Å². The lowest BCUT2D eigenvalue weighted by Crippen LogP contribution is -2.35. The van der Waals surface area contributed by atoms with Crippen LogP contribution >= 0.6 is 11.3 Å². The highest BCUT2D eigenvalue weighted by molar-refractivity contribution is 7.11. The number of carboxylic acids is 1. The van der Waals surface area contributed by atoms with Crippen LogP contribution in [0.3, 0.4) is 0 Å². The van der Waals surface area contributed by atoms with Crippen molar-refractivity contribution in [2.75, 3.05) is 0 Å². The van der Waals surface area contributed by atoms with E-state index in [2.05, 4.69) is 24.1 Å². The van der Waals surface area contributed by atoms with Crippen LogP contribution in [-0.4, -0.2) is 16.1 Å². The van der Waals surface area contributed by atoms with Gasteiger partial charge in [-0.3, -0.25) is 0 Å². The molecular formula is C15H18N2O2S. The molecule has 0 unspecified atom stereocenters. The number of carboxylic acid groups (broad SMARTS) is 1. The number of nitrogens with one attached hydrogen (secondary N) is 1. The Kier molecular flexibility index (Phi) is 4.20. The summed E-state index contributed by atoms with van der Waals surface area (Å²) in [5, 5.41) is 13.4. The van der Waals surface area contributed by atoms with Gasteiger partial charge in [-0.1, -0.05) is 12.1 Å². The van der Waals surface area contributed by atoms with Crippen LogP contribution in [0.5, 0.6) is 0 Å². The Morgan fingerprint density at radius 1 is 1.45 bits per heavy atom. The molecule has 0 fully saturated rings. The van der Waals surface area contributed by atoms with E-state index in [1.807, 2.05) is 19.2 Å². The van der Waals surface area contributed by atoms with Gasteiger partial charge in [0.25, 0.3) is 0 Å². The summed E-state index contributed by atoms with van der Waals surface area (Å²) in [5.41, 5.74) is 1.02. The third kappa shape index (κ3) is 3.43. The molecule has 2 aromatic rings. The fourth-order valence-electron chi connectivity index (χ4n) is 1.86. The lowest BCUT2D eigenvalue weighted by molar-refractivity contribution is 0.0696. The van der Waals surface area contributed by atoms with Crippen LogP contribution in [0.1, 0.15) is 39.7 Å². The molecule has 0 aliphatic rings. The van der Waals surface area contributed by atoms with Gasteiger partial charge in [0.2, 0.25) is 0 Å². The smallest absolute Gasteiger partial charge is 0.335 e. The Hall–Kier alpha value is -1.72. The average molecular weight is 290 g/mol. The van der Waals surface area contributed by atoms with Gasteiger partial charge in [-0.15, -0.1) is 11.3 Å². The number of rotatable bonds is 5. The Labute approximate surface area is 122 Å². The molecule has 4 nitrogen and oxygen atoms in total. The molecular weight excluding hydrogens is 272 g/mol. The lowest BCUT2D eigenvalue weighted by Gasteiger charge is -2.24. The molecule has 2 rings (SSSR count). The first-order valence-corrected chi connectivity index (χ1v) is 7.20. The van der Waals surface area contributed by atoms with Gasteiger partial charge in [-0.25, -0.2) is 9.78 Å². The van der Waals surface area contributed by atoms with E-state index in [0.29, 0.717) is 12.1 Å². The predicted octanol–water partition coefficient (Wildman–Crippen LogP) is 3.17. The van der Waals surface area contributed by atoms with Crippen molar-refractivity contribution in [2.24, 2.45) is 0 Å². The van der Waals surface area contributed by atoms with Gasteiger partial charge in [-0.05, 0) is 38.5 Å². The lowest BCUT2D eigenvalue weighted by atomic mass is 10.1. The average Bonchev–Trinajstić information content (AvgIpc) is 2.84. The minimum Gasteiger partial charge on any atom is -0.478 e. The fourth-order valence-corrected chi connectivity index (χ4v) is 2.70. The summed E-state index contributed by atoms with van der Waals surface area (Å²) < 4.78 is 0. The normalized spacial score (nSPS) is 11.6. The number of aryl methyl sites for hydroxylation is 1. The number of aromatic nitrogens is 1. The Morgan fingerprint density at radius 3 is 2.80 bits per heavy atom. The van der Waals surface area contributed by atoms with Crippen molar-refractivity contribution in [3.05, 3.63) is 51.5 Å². The largest absolute Gasteiger partial charge is 0.478 e. The predicted molar refractivity (Wildman–Crippen MR) is 80.1 cm³/mol. The van der Waals surface area contributed by atoms with E-state index in [9.17, 15) is 4.79 Å². The number of hydrogen-bond donors (Lipinski definition) is 2. The van der Waals surface area contributed by atoms with Crippen LogP contribution in [0, 0.1) is 6.92 Å². The van der Waals surface area contributed by atoms with E-state index in [1.165, 1.54) is 4.88 Å². The van der Waals surface area contributed by atoms with Crippen LogP contribution in [0.25, 0.3) is 0 Å². The number of thiazole rings is 1. The highest BCUT2D eigenvalue weighted by Crippen LogP contribution is 2.25. The number of benzene rings is 1. The van der Waals surface area contributed by atoms with Crippen molar-refractivity contribution in [3.8, 4) is 0 Å². The molecule has 1 aromatic carbocycles. The maximum Gasteiger partial charge on any atom is 0.335 e. The first kappa shape index (κ1) is 14.7. The summed E-state index contributed by atoms with van der Waals surface area (Å²) in [4.78, 5) is 16.5. The van der Waals surface area contributed by atoms with E-state index < -0.39 is 5.97 Å². The van der Waals surface area contributed by atoms with Gasteiger partial charge in [0.1, 0.15) is 5.01 Å². The zero-order valence-corrected chi connectivity index (χ0v) is 12.6. The van der Waals surface area contributed by atoms with E-state index >= 15 is 0 Å². The molecule has 2 N–H and O–H groups in total. The van der Waals surface area contributed by atoms with E-state index in [-0.39, 0.29) is 5.54 Å². The van der Waals surface area contributed by atoms with E-state index in [1.54, 1.807) is 29.5 Å². The molecule has 0 amide bonds. The fraction of sp³-hybridized carbons (Fsp3) is 0.333. The molecule has 0 radical (unpaired) electrons. The van der Waals surface area contributed by atoms with Gasteiger partial charge >= 0.3 is 5.97 Å². The third-order valence-electron chi connectivity index (χ3n) is 3.06.